The van der Waals surface area contributed by atoms with Crippen LogP contribution in [0.5, 0.6) is 0 Å². The minimum Gasteiger partial charge on any atom is -0.330 e. The summed E-state index contributed by atoms with van der Waals surface area (Å²) in [5.41, 5.74) is -2.29. The SMILES string of the molecule is CC(C)(C)NS(=O)(=O)c1ccc(-c2cc(S(N)(=O)=O)c(Cl)n2CC2CCCCC2)cc1C(F)(F)F. The fourth-order valence-electron chi connectivity index (χ4n) is 4.35. The van der Waals surface area contributed by atoms with Gasteiger partial charge in [0.25, 0.3) is 0 Å². The second kappa shape index (κ2) is 9.70. The van der Waals surface area contributed by atoms with Gasteiger partial charge in [-0.2, -0.15) is 13.2 Å². The number of alkyl halides is 3. The van der Waals surface area contributed by atoms with Gasteiger partial charge in [-0.3, -0.25) is 0 Å². The molecular formula is C22H29ClF3N3O4S2. The van der Waals surface area contributed by atoms with Gasteiger partial charge in [0.1, 0.15) is 10.0 Å². The first-order valence-corrected chi connectivity index (χ1v) is 14.5. The van der Waals surface area contributed by atoms with E-state index in [9.17, 15) is 30.0 Å². The summed E-state index contributed by atoms with van der Waals surface area (Å²) in [6.45, 7) is 4.85. The van der Waals surface area contributed by atoms with E-state index in [1.54, 1.807) is 0 Å². The van der Waals surface area contributed by atoms with Crippen molar-refractivity contribution in [2.75, 3.05) is 0 Å². The van der Waals surface area contributed by atoms with Crippen LogP contribution in [-0.4, -0.2) is 26.9 Å². The van der Waals surface area contributed by atoms with Crippen LogP contribution in [0.4, 0.5) is 13.2 Å². The fourth-order valence-corrected chi connectivity index (χ4v) is 7.13. The first kappa shape index (κ1) is 28.0. The maximum Gasteiger partial charge on any atom is 0.417 e. The molecule has 2 aromatic rings. The van der Waals surface area contributed by atoms with Gasteiger partial charge in [-0.1, -0.05) is 36.9 Å². The molecule has 1 aliphatic rings. The van der Waals surface area contributed by atoms with Crippen LogP contribution in [0, 0.1) is 5.92 Å². The number of halogens is 4. The van der Waals surface area contributed by atoms with Gasteiger partial charge in [0, 0.05) is 12.1 Å². The van der Waals surface area contributed by atoms with Crippen molar-refractivity contribution >= 4 is 31.6 Å². The van der Waals surface area contributed by atoms with Gasteiger partial charge < -0.3 is 4.57 Å². The van der Waals surface area contributed by atoms with E-state index >= 15 is 0 Å². The molecule has 0 amide bonds. The molecule has 13 heteroatoms. The Kier molecular flexibility index (Phi) is 7.75. The van der Waals surface area contributed by atoms with E-state index in [-0.39, 0.29) is 22.3 Å². The molecule has 0 saturated heterocycles. The third-order valence-electron chi connectivity index (χ3n) is 5.78. The number of rotatable bonds is 6. The smallest absolute Gasteiger partial charge is 0.330 e. The van der Waals surface area contributed by atoms with Gasteiger partial charge >= 0.3 is 6.18 Å². The molecule has 196 valence electrons. The van der Waals surface area contributed by atoms with Crippen LogP contribution in [0.25, 0.3) is 11.3 Å². The molecule has 7 nitrogen and oxygen atoms in total. The largest absolute Gasteiger partial charge is 0.417 e. The van der Waals surface area contributed by atoms with E-state index in [0.29, 0.717) is 12.6 Å². The highest BCUT2D eigenvalue weighted by molar-refractivity contribution is 7.89. The molecule has 0 spiro atoms. The number of aromatic nitrogens is 1. The van der Waals surface area contributed by atoms with Crippen LogP contribution >= 0.6 is 11.6 Å². The summed E-state index contributed by atoms with van der Waals surface area (Å²) in [7, 11) is -8.76. The normalized spacial score (nSPS) is 16.6. The van der Waals surface area contributed by atoms with Crippen molar-refractivity contribution in [2.45, 2.75) is 80.9 Å². The Labute approximate surface area is 208 Å². The predicted octanol–water partition coefficient (Wildman–Crippen LogP) is 5.13. The molecule has 1 aromatic carbocycles. The Morgan fingerprint density at radius 2 is 1.63 bits per heavy atom. The summed E-state index contributed by atoms with van der Waals surface area (Å²) in [5.74, 6) is 0.165. The summed E-state index contributed by atoms with van der Waals surface area (Å²) in [4.78, 5) is -1.32. The van der Waals surface area contributed by atoms with E-state index in [1.165, 1.54) is 31.4 Å². The van der Waals surface area contributed by atoms with Crippen LogP contribution < -0.4 is 9.86 Å². The van der Waals surface area contributed by atoms with Crippen molar-refractivity contribution in [3.8, 4) is 11.3 Å². The molecule has 1 fully saturated rings. The molecule has 1 heterocycles. The van der Waals surface area contributed by atoms with Crippen LogP contribution in [0.2, 0.25) is 5.15 Å². The van der Waals surface area contributed by atoms with Gasteiger partial charge in [-0.15, -0.1) is 0 Å². The molecule has 1 aromatic heterocycles. The van der Waals surface area contributed by atoms with E-state index in [2.05, 4.69) is 4.72 Å². The Morgan fingerprint density at radius 1 is 1.03 bits per heavy atom. The summed E-state index contributed by atoms with van der Waals surface area (Å²) in [6.07, 6.45) is -0.173. The predicted molar refractivity (Wildman–Crippen MR) is 128 cm³/mol. The molecular weight excluding hydrogens is 527 g/mol. The lowest BCUT2D eigenvalue weighted by Gasteiger charge is -2.24. The third kappa shape index (κ3) is 6.59. The highest BCUT2D eigenvalue weighted by Crippen LogP contribution is 2.40. The minimum absolute atomic E-state index is 0.0281. The highest BCUT2D eigenvalue weighted by atomic mass is 35.5. The molecule has 35 heavy (non-hydrogen) atoms. The van der Waals surface area contributed by atoms with Crippen molar-refractivity contribution < 1.29 is 30.0 Å². The quantitative estimate of drug-likeness (QED) is 0.514. The molecule has 3 rings (SSSR count). The van der Waals surface area contributed by atoms with E-state index in [0.717, 1.165) is 44.2 Å². The number of hydrogen-bond donors (Lipinski definition) is 2. The Bertz CT molecular complexity index is 1310. The van der Waals surface area contributed by atoms with Crippen LogP contribution in [0.15, 0.2) is 34.1 Å². The molecule has 0 radical (unpaired) electrons. The Morgan fingerprint density at radius 3 is 2.14 bits per heavy atom. The topological polar surface area (TPSA) is 111 Å². The van der Waals surface area contributed by atoms with E-state index in [4.69, 9.17) is 16.7 Å². The maximum atomic E-state index is 14.0. The number of nitrogens with zero attached hydrogens (tertiary/aromatic N) is 1. The monoisotopic (exact) mass is 555 g/mol. The number of nitrogens with two attached hydrogens (primary N) is 1. The zero-order valence-corrected chi connectivity index (χ0v) is 22.0. The summed E-state index contributed by atoms with van der Waals surface area (Å²) < 4.78 is 95.4. The van der Waals surface area contributed by atoms with Crippen LogP contribution in [-0.2, 0) is 32.8 Å². The summed E-state index contributed by atoms with van der Waals surface area (Å²) in [5, 5.41) is 5.11. The number of primary sulfonamides is 1. The number of sulfonamides is 2. The summed E-state index contributed by atoms with van der Waals surface area (Å²) >= 11 is 6.37. The molecule has 0 bridgehead atoms. The fraction of sp³-hybridized carbons (Fsp3) is 0.545. The third-order valence-corrected chi connectivity index (χ3v) is 9.04. The highest BCUT2D eigenvalue weighted by Gasteiger charge is 2.39. The molecule has 0 unspecified atom stereocenters. The van der Waals surface area contributed by atoms with Gasteiger partial charge in [0.2, 0.25) is 20.0 Å². The average molecular weight is 556 g/mol. The maximum absolute atomic E-state index is 14.0. The molecule has 3 N–H and O–H groups in total. The Hall–Kier alpha value is -1.60. The first-order chi connectivity index (χ1) is 15.9. The van der Waals surface area contributed by atoms with Gasteiger partial charge in [0.05, 0.1) is 16.2 Å². The summed E-state index contributed by atoms with van der Waals surface area (Å²) in [6, 6.07) is 3.92. The number of benzene rings is 1. The van der Waals surface area contributed by atoms with E-state index in [1.807, 2.05) is 0 Å². The molecule has 0 aliphatic heterocycles. The standard InChI is InChI=1S/C22H29ClF3N3O4S2/c1-21(2,3)28-35(32,33)18-10-9-15(11-16(18)22(24,25)26)17-12-19(34(27,30)31)20(23)29(17)13-14-7-5-4-6-8-14/h9-12,14,28H,4-8,13H2,1-3H3,(H2,27,30,31). The minimum atomic E-state index is -4.99. The van der Waals surface area contributed by atoms with Crippen LogP contribution in [0.1, 0.15) is 58.4 Å². The molecule has 1 aliphatic carbocycles. The zero-order valence-electron chi connectivity index (χ0n) is 19.6. The van der Waals surface area contributed by atoms with Gasteiger partial charge in [-0.05, 0) is 63.3 Å². The lowest BCUT2D eigenvalue weighted by atomic mass is 9.89. The van der Waals surface area contributed by atoms with E-state index < -0.39 is 47.1 Å². The van der Waals surface area contributed by atoms with Gasteiger partial charge in [0.15, 0.2) is 0 Å². The first-order valence-electron chi connectivity index (χ1n) is 11.1. The number of hydrogen-bond acceptors (Lipinski definition) is 4. The van der Waals surface area contributed by atoms with Crippen molar-refractivity contribution in [2.24, 2.45) is 11.1 Å². The second-order valence-electron chi connectivity index (χ2n) is 9.91. The van der Waals surface area contributed by atoms with Crippen molar-refractivity contribution in [3.05, 3.63) is 35.0 Å². The average Bonchev–Trinajstić information content (AvgIpc) is 3.02. The lowest BCUT2D eigenvalue weighted by molar-refractivity contribution is -0.139. The lowest BCUT2D eigenvalue weighted by Crippen LogP contribution is -2.41. The van der Waals surface area contributed by atoms with Gasteiger partial charge in [-0.25, -0.2) is 26.7 Å². The van der Waals surface area contributed by atoms with Crippen molar-refractivity contribution in [3.63, 3.8) is 0 Å². The molecule has 0 atom stereocenters. The number of nitrogens with one attached hydrogen (secondary N) is 1. The zero-order chi connectivity index (χ0) is 26.4. The molecule has 1 saturated carbocycles. The van der Waals surface area contributed by atoms with Crippen molar-refractivity contribution in [1.29, 1.82) is 0 Å². The van der Waals surface area contributed by atoms with Crippen molar-refractivity contribution in [1.82, 2.24) is 9.29 Å². The van der Waals surface area contributed by atoms with Crippen LogP contribution in [0.3, 0.4) is 0 Å². The second-order valence-corrected chi connectivity index (χ2v) is 13.4. The Balaban J connectivity index is 2.20.